The van der Waals surface area contributed by atoms with Crippen LogP contribution in [-0.4, -0.2) is 41.1 Å². The zero-order chi connectivity index (χ0) is 26.7. The molecule has 1 amide bonds. The number of carbonyl (C=O) groups is 4. The van der Waals surface area contributed by atoms with Crippen LogP contribution < -0.4 is 5.32 Å². The Bertz CT molecular complexity index is 806. The molecule has 0 unspecified atom stereocenters. The second-order valence-electron chi connectivity index (χ2n) is 11.0. The van der Waals surface area contributed by atoms with Gasteiger partial charge in [0.2, 0.25) is 0 Å². The number of aldehydes is 1. The van der Waals surface area contributed by atoms with Gasteiger partial charge in [-0.1, -0.05) is 30.3 Å². The molecule has 36 heavy (non-hydrogen) atoms. The van der Waals surface area contributed by atoms with E-state index in [1.807, 2.05) is 6.07 Å². The van der Waals surface area contributed by atoms with Gasteiger partial charge in [-0.25, -0.2) is 9.59 Å². The lowest BCUT2D eigenvalue weighted by Crippen LogP contribution is -2.45. The van der Waals surface area contributed by atoms with Crippen molar-refractivity contribution in [2.75, 3.05) is 0 Å². The predicted molar refractivity (Wildman–Crippen MR) is 135 cm³/mol. The monoisotopic (exact) mass is 503 g/mol. The lowest BCUT2D eigenvalue weighted by Gasteiger charge is -2.49. The Balaban J connectivity index is 0.000000283. The topological polar surface area (TPSA) is 119 Å². The van der Waals surface area contributed by atoms with Crippen molar-refractivity contribution in [2.24, 2.45) is 23.7 Å². The van der Waals surface area contributed by atoms with Crippen LogP contribution in [0.25, 0.3) is 0 Å². The van der Waals surface area contributed by atoms with Gasteiger partial charge in [0.1, 0.15) is 24.5 Å². The van der Waals surface area contributed by atoms with E-state index in [9.17, 15) is 14.4 Å². The summed E-state index contributed by atoms with van der Waals surface area (Å²) in [6.45, 7) is 6.41. The Kier molecular flexibility index (Phi) is 11.4. The van der Waals surface area contributed by atoms with E-state index in [0.29, 0.717) is 0 Å². The van der Waals surface area contributed by atoms with E-state index in [0.717, 1.165) is 11.8 Å². The largest absolute Gasteiger partial charge is 0.481 e. The average molecular weight is 504 g/mol. The SMILES string of the molecule is C1C2CC3CC1CC(C2)C3.CC(C)(C)OC(=O)N[C@@H](CC(=O)O)C(=O)OCc1ccccc1.CC=O. The molecule has 4 aliphatic rings. The van der Waals surface area contributed by atoms with Crippen molar-refractivity contribution >= 4 is 24.3 Å². The molecule has 4 aliphatic carbocycles. The van der Waals surface area contributed by atoms with Crippen LogP contribution in [0.15, 0.2) is 30.3 Å². The molecule has 8 heteroatoms. The molecule has 4 bridgehead atoms. The van der Waals surface area contributed by atoms with E-state index >= 15 is 0 Å². The summed E-state index contributed by atoms with van der Waals surface area (Å²) in [4.78, 5) is 43.4. The van der Waals surface area contributed by atoms with Gasteiger partial charge >= 0.3 is 18.0 Å². The number of esters is 1. The molecule has 4 fully saturated rings. The second kappa shape index (κ2) is 14.0. The van der Waals surface area contributed by atoms with Crippen molar-refractivity contribution < 1.29 is 33.8 Å². The number of carbonyl (C=O) groups excluding carboxylic acids is 3. The molecule has 1 atom stereocenters. The average Bonchev–Trinajstić information content (AvgIpc) is 2.76. The van der Waals surface area contributed by atoms with Gasteiger partial charge in [-0.3, -0.25) is 4.79 Å². The number of nitrogens with one attached hydrogen (secondary N) is 1. The zero-order valence-electron chi connectivity index (χ0n) is 21.9. The summed E-state index contributed by atoms with van der Waals surface area (Å²) < 4.78 is 10.1. The number of aliphatic carboxylic acids is 1. The molecular weight excluding hydrogens is 462 g/mol. The minimum absolute atomic E-state index is 0.00814. The highest BCUT2D eigenvalue weighted by Gasteiger charge is 2.41. The maximum Gasteiger partial charge on any atom is 0.408 e. The molecule has 2 N–H and O–H groups in total. The smallest absolute Gasteiger partial charge is 0.408 e. The van der Waals surface area contributed by atoms with Crippen molar-refractivity contribution in [1.82, 2.24) is 5.32 Å². The molecule has 1 aromatic carbocycles. The summed E-state index contributed by atoms with van der Waals surface area (Å²) in [5, 5.41) is 11.1. The molecule has 0 aliphatic heterocycles. The minimum Gasteiger partial charge on any atom is -0.481 e. The first-order valence-electron chi connectivity index (χ1n) is 12.8. The number of carboxylic acid groups (broad SMARTS) is 1. The zero-order valence-corrected chi connectivity index (χ0v) is 21.9. The van der Waals surface area contributed by atoms with Gasteiger partial charge in [-0.05, 0) is 95.5 Å². The van der Waals surface area contributed by atoms with Crippen molar-refractivity contribution in [2.45, 2.75) is 90.9 Å². The molecule has 4 saturated carbocycles. The highest BCUT2D eigenvalue weighted by Crippen LogP contribution is 2.53. The second-order valence-corrected chi connectivity index (χ2v) is 11.0. The van der Waals surface area contributed by atoms with E-state index in [1.54, 1.807) is 83.6 Å². The fourth-order valence-corrected chi connectivity index (χ4v) is 5.63. The molecule has 8 nitrogen and oxygen atoms in total. The molecule has 0 saturated heterocycles. The number of alkyl carbamates (subject to hydrolysis) is 1. The molecular formula is C28H41NO7. The van der Waals surface area contributed by atoms with Gasteiger partial charge < -0.3 is 24.7 Å². The number of benzene rings is 1. The number of hydrogen-bond acceptors (Lipinski definition) is 6. The fourth-order valence-electron chi connectivity index (χ4n) is 5.63. The standard InChI is InChI=1S/C16H21NO6.C10H16.C2H4O/c1-16(2,3)23-15(21)17-12(9-13(18)19)14(20)22-10-11-7-5-4-6-8-11;1-7-2-9-4-8(1)5-10(3-7)6-9;1-2-3/h4-8,12H,9-10H2,1-3H3,(H,17,21)(H,18,19);7-10H,1-6H2;2H,1H3/t12-;;/m0../s1. The van der Waals surface area contributed by atoms with Crippen LogP contribution in [-0.2, 0) is 30.5 Å². The maximum absolute atomic E-state index is 12.0. The molecule has 5 rings (SSSR count). The summed E-state index contributed by atoms with van der Waals surface area (Å²) >= 11 is 0. The number of hydrogen-bond donors (Lipinski definition) is 2. The fraction of sp³-hybridized carbons (Fsp3) is 0.643. The quantitative estimate of drug-likeness (QED) is 0.408. The van der Waals surface area contributed by atoms with E-state index in [-0.39, 0.29) is 6.61 Å². The van der Waals surface area contributed by atoms with Gasteiger partial charge in [0, 0.05) is 0 Å². The Hall–Kier alpha value is -2.90. The number of rotatable bonds is 6. The third-order valence-corrected chi connectivity index (χ3v) is 6.58. The first kappa shape index (κ1) is 29.3. The van der Waals surface area contributed by atoms with Crippen LogP contribution in [0.1, 0.15) is 78.2 Å². The van der Waals surface area contributed by atoms with E-state index < -0.39 is 36.1 Å². The van der Waals surface area contributed by atoms with E-state index in [2.05, 4.69) is 5.32 Å². The number of amides is 1. The Morgan fingerprint density at radius 2 is 1.42 bits per heavy atom. The lowest BCUT2D eigenvalue weighted by atomic mass is 9.56. The normalized spacial score (nSPS) is 24.1. The molecule has 0 radical (unpaired) electrons. The van der Waals surface area contributed by atoms with Crippen molar-refractivity contribution in [3.8, 4) is 0 Å². The number of ether oxygens (including phenoxy) is 2. The molecule has 1 aromatic rings. The Morgan fingerprint density at radius 3 is 1.81 bits per heavy atom. The number of carboxylic acids is 1. The van der Waals surface area contributed by atoms with Crippen LogP contribution in [0.4, 0.5) is 4.79 Å². The molecule has 200 valence electrons. The summed E-state index contributed by atoms with van der Waals surface area (Å²) in [6, 6.07) is 7.61. The Morgan fingerprint density at radius 1 is 0.972 bits per heavy atom. The highest BCUT2D eigenvalue weighted by molar-refractivity contribution is 5.85. The summed E-state index contributed by atoms with van der Waals surface area (Å²) in [5.74, 6) is 2.64. The van der Waals surface area contributed by atoms with Gasteiger partial charge in [0.25, 0.3) is 0 Å². The minimum atomic E-state index is -1.31. The third kappa shape index (κ3) is 10.8. The van der Waals surface area contributed by atoms with Crippen molar-refractivity contribution in [3.05, 3.63) is 35.9 Å². The predicted octanol–water partition coefficient (Wildman–Crippen LogP) is 5.14. The lowest BCUT2D eigenvalue weighted by molar-refractivity contribution is -0.151. The van der Waals surface area contributed by atoms with Gasteiger partial charge in [0.05, 0.1) is 6.42 Å². The molecule has 0 heterocycles. The Labute approximate surface area is 214 Å². The van der Waals surface area contributed by atoms with E-state index in [4.69, 9.17) is 19.4 Å². The third-order valence-electron chi connectivity index (χ3n) is 6.58. The van der Waals surface area contributed by atoms with Crippen molar-refractivity contribution in [3.63, 3.8) is 0 Å². The highest BCUT2D eigenvalue weighted by atomic mass is 16.6. The van der Waals surface area contributed by atoms with Crippen molar-refractivity contribution in [1.29, 1.82) is 0 Å². The first-order chi connectivity index (χ1) is 17.0. The van der Waals surface area contributed by atoms with Gasteiger partial charge in [-0.2, -0.15) is 0 Å². The van der Waals surface area contributed by atoms with Crippen LogP contribution in [0, 0.1) is 23.7 Å². The van der Waals surface area contributed by atoms with Gasteiger partial charge in [-0.15, -0.1) is 0 Å². The summed E-state index contributed by atoms with van der Waals surface area (Å²) in [5.41, 5.74) is -0.00147. The molecule has 0 aromatic heterocycles. The summed E-state index contributed by atoms with van der Waals surface area (Å²) in [6.07, 6.45) is 8.91. The van der Waals surface area contributed by atoms with Crippen LogP contribution in [0.2, 0.25) is 0 Å². The first-order valence-corrected chi connectivity index (χ1v) is 12.8. The van der Waals surface area contributed by atoms with Gasteiger partial charge in [0.15, 0.2) is 0 Å². The van der Waals surface area contributed by atoms with Crippen LogP contribution in [0.3, 0.4) is 0 Å². The van der Waals surface area contributed by atoms with E-state index in [1.165, 1.54) is 30.6 Å². The van der Waals surface area contributed by atoms with Crippen LogP contribution >= 0.6 is 0 Å². The van der Waals surface area contributed by atoms with Crippen LogP contribution in [0.5, 0.6) is 0 Å². The molecule has 0 spiro atoms. The maximum atomic E-state index is 12.0. The summed E-state index contributed by atoms with van der Waals surface area (Å²) in [7, 11) is 0.